The summed E-state index contributed by atoms with van der Waals surface area (Å²) < 4.78 is 47.1. The number of benzene rings is 1. The van der Waals surface area contributed by atoms with E-state index in [0.29, 0.717) is 35.3 Å². The minimum absolute atomic E-state index is 0.0240. The molecule has 40 heavy (non-hydrogen) atoms. The summed E-state index contributed by atoms with van der Waals surface area (Å²) >= 11 is 1.39. The molecule has 2 atom stereocenters. The number of urea groups is 1. The molecular weight excluding hydrogens is 555 g/mol. The summed E-state index contributed by atoms with van der Waals surface area (Å²) in [5.41, 5.74) is 1.52. The number of nitrogens with one attached hydrogen (secondary N) is 1. The van der Waals surface area contributed by atoms with Gasteiger partial charge < -0.3 is 9.33 Å². The molecule has 4 heterocycles. The standard InChI is InChI=1S/C28H34F3N5O2SSi/c1-16-17(2)39-25(32-16)34-26(37)36-22-14-35(15-23(22)38-40(6,7)27(3,4)5)21-12-11-20(33-24(21)36)18-9-8-10-19(13-18)28(29,30)31/h8-13,22-23H,14-15H2,1-7H3,(H,32,34,37)/t22-,23?/m1/s1. The minimum Gasteiger partial charge on any atom is -0.410 e. The molecule has 0 aliphatic carbocycles. The predicted molar refractivity (Wildman–Crippen MR) is 156 cm³/mol. The Bertz CT molecular complexity index is 1430. The van der Waals surface area contributed by atoms with Gasteiger partial charge in [-0.25, -0.2) is 14.8 Å². The average molecular weight is 590 g/mol. The highest BCUT2D eigenvalue weighted by atomic mass is 32.1. The number of nitrogens with zero attached hydrogens (tertiary/aromatic N) is 4. The second-order valence-electron chi connectivity index (χ2n) is 12.0. The topological polar surface area (TPSA) is 70.6 Å². The third-order valence-corrected chi connectivity index (χ3v) is 13.7. The molecule has 2 aliphatic rings. The highest BCUT2D eigenvalue weighted by Crippen LogP contribution is 2.45. The van der Waals surface area contributed by atoms with Crippen molar-refractivity contribution < 1.29 is 22.4 Å². The van der Waals surface area contributed by atoms with Crippen LogP contribution in [0.1, 0.15) is 36.9 Å². The van der Waals surface area contributed by atoms with Crippen LogP contribution in [0.5, 0.6) is 0 Å². The fourth-order valence-corrected chi connectivity index (χ4v) is 6.98. The van der Waals surface area contributed by atoms with Gasteiger partial charge in [0.05, 0.1) is 34.8 Å². The largest absolute Gasteiger partial charge is 0.416 e. The highest BCUT2D eigenvalue weighted by Gasteiger charge is 2.50. The van der Waals surface area contributed by atoms with E-state index in [2.05, 4.69) is 49.1 Å². The second kappa shape index (κ2) is 9.84. The molecule has 0 saturated carbocycles. The van der Waals surface area contributed by atoms with E-state index in [1.165, 1.54) is 17.4 Å². The van der Waals surface area contributed by atoms with Crippen molar-refractivity contribution in [2.45, 2.75) is 71.1 Å². The molecule has 2 aromatic heterocycles. The van der Waals surface area contributed by atoms with E-state index >= 15 is 0 Å². The van der Waals surface area contributed by atoms with Crippen LogP contribution in [0.2, 0.25) is 18.1 Å². The SMILES string of the molecule is Cc1nc(NC(=O)N2c3nc(-c4cccc(C(F)(F)F)c4)ccc3N3CC(O[Si](C)(C)C(C)(C)C)[C@H]2C3)sc1C. The maximum absolute atomic E-state index is 13.9. The van der Waals surface area contributed by atoms with Gasteiger partial charge in [0.15, 0.2) is 19.3 Å². The molecule has 1 fully saturated rings. The molecule has 214 valence electrons. The molecule has 0 spiro atoms. The van der Waals surface area contributed by atoms with Gasteiger partial charge in [0.25, 0.3) is 0 Å². The van der Waals surface area contributed by atoms with Crippen molar-refractivity contribution in [2.24, 2.45) is 0 Å². The summed E-state index contributed by atoms with van der Waals surface area (Å²) in [6, 6.07) is 7.91. The first-order valence-corrected chi connectivity index (χ1v) is 16.9. The second-order valence-corrected chi connectivity index (χ2v) is 17.9. The molecule has 1 aromatic carbocycles. The van der Waals surface area contributed by atoms with Gasteiger partial charge in [0, 0.05) is 23.5 Å². The maximum atomic E-state index is 13.9. The van der Waals surface area contributed by atoms with Crippen molar-refractivity contribution in [2.75, 3.05) is 28.2 Å². The van der Waals surface area contributed by atoms with Crippen LogP contribution in [0.4, 0.5) is 34.6 Å². The number of hydrogen-bond donors (Lipinski definition) is 1. The Morgan fingerprint density at radius 2 is 1.82 bits per heavy atom. The van der Waals surface area contributed by atoms with E-state index in [9.17, 15) is 18.0 Å². The number of hydrogen-bond acceptors (Lipinski definition) is 6. The highest BCUT2D eigenvalue weighted by molar-refractivity contribution is 7.15. The summed E-state index contributed by atoms with van der Waals surface area (Å²) in [7, 11) is -2.19. The van der Waals surface area contributed by atoms with Crippen LogP contribution in [0.3, 0.4) is 0 Å². The Labute approximate surface area is 237 Å². The number of aryl methyl sites for hydroxylation is 2. The van der Waals surface area contributed by atoms with Crippen LogP contribution >= 0.6 is 11.3 Å². The first-order valence-electron chi connectivity index (χ1n) is 13.2. The molecule has 1 unspecified atom stereocenters. The lowest BCUT2D eigenvalue weighted by molar-refractivity contribution is -0.137. The number of rotatable bonds is 4. The van der Waals surface area contributed by atoms with Crippen molar-refractivity contribution in [1.29, 1.82) is 0 Å². The summed E-state index contributed by atoms with van der Waals surface area (Å²) in [5, 5.41) is 3.40. The summed E-state index contributed by atoms with van der Waals surface area (Å²) in [6.07, 6.45) is -4.73. The van der Waals surface area contributed by atoms with E-state index in [0.717, 1.165) is 28.4 Å². The molecule has 3 aromatic rings. The van der Waals surface area contributed by atoms with Crippen LogP contribution in [-0.4, -0.2) is 49.6 Å². The molecule has 12 heteroatoms. The number of halogens is 3. The van der Waals surface area contributed by atoms with Crippen LogP contribution in [0.15, 0.2) is 36.4 Å². The number of aromatic nitrogens is 2. The Morgan fingerprint density at radius 3 is 2.45 bits per heavy atom. The van der Waals surface area contributed by atoms with Crippen molar-refractivity contribution >= 4 is 42.3 Å². The smallest absolute Gasteiger partial charge is 0.410 e. The normalized spacial score (nSPS) is 19.1. The number of carbonyl (C=O) groups excluding carboxylic acids is 1. The number of fused-ring (bicyclic) bond motifs is 4. The molecule has 1 saturated heterocycles. The first-order chi connectivity index (χ1) is 18.5. The van der Waals surface area contributed by atoms with Gasteiger partial charge in [-0.2, -0.15) is 13.2 Å². The number of thiazole rings is 1. The number of pyridine rings is 1. The van der Waals surface area contributed by atoms with Crippen molar-refractivity contribution in [3.63, 3.8) is 0 Å². The molecule has 7 nitrogen and oxygen atoms in total. The van der Waals surface area contributed by atoms with E-state index < -0.39 is 20.1 Å². The molecule has 0 radical (unpaired) electrons. The monoisotopic (exact) mass is 589 g/mol. The number of amides is 2. The van der Waals surface area contributed by atoms with Gasteiger partial charge in [0.2, 0.25) is 0 Å². The van der Waals surface area contributed by atoms with Crippen molar-refractivity contribution in [1.82, 2.24) is 9.97 Å². The molecule has 5 rings (SSSR count). The number of carbonyl (C=O) groups is 1. The first kappa shape index (κ1) is 28.6. The van der Waals surface area contributed by atoms with E-state index in [1.54, 1.807) is 17.0 Å². The summed E-state index contributed by atoms with van der Waals surface area (Å²) in [6.45, 7) is 15.9. The van der Waals surface area contributed by atoms with Gasteiger partial charge in [-0.1, -0.05) is 32.9 Å². The lowest BCUT2D eigenvalue weighted by Crippen LogP contribution is -2.55. The minimum atomic E-state index is -4.47. The van der Waals surface area contributed by atoms with Crippen LogP contribution in [0, 0.1) is 13.8 Å². The Morgan fingerprint density at radius 1 is 1.10 bits per heavy atom. The fourth-order valence-electron chi connectivity index (χ4n) is 4.83. The van der Waals surface area contributed by atoms with E-state index in [-0.39, 0.29) is 23.2 Å². The quantitative estimate of drug-likeness (QED) is 0.320. The van der Waals surface area contributed by atoms with Crippen LogP contribution < -0.4 is 15.1 Å². The zero-order valence-electron chi connectivity index (χ0n) is 23.7. The van der Waals surface area contributed by atoms with Crippen LogP contribution in [0.25, 0.3) is 11.3 Å². The lowest BCUT2D eigenvalue weighted by Gasteiger charge is -2.41. The lowest BCUT2D eigenvalue weighted by atomic mass is 10.1. The van der Waals surface area contributed by atoms with Crippen molar-refractivity contribution in [3.8, 4) is 11.3 Å². The maximum Gasteiger partial charge on any atom is 0.416 e. The molecule has 1 N–H and O–H groups in total. The van der Waals surface area contributed by atoms with Crippen molar-refractivity contribution in [3.05, 3.63) is 52.5 Å². The number of anilines is 3. The zero-order valence-corrected chi connectivity index (χ0v) is 25.5. The zero-order chi connectivity index (χ0) is 29.2. The van der Waals surface area contributed by atoms with Gasteiger partial charge in [-0.15, -0.1) is 11.3 Å². The number of alkyl halides is 3. The van der Waals surface area contributed by atoms with Gasteiger partial charge in [-0.3, -0.25) is 10.2 Å². The van der Waals surface area contributed by atoms with Gasteiger partial charge in [-0.05, 0) is 56.2 Å². The molecule has 2 amide bonds. The summed E-state index contributed by atoms with van der Waals surface area (Å²) in [5.74, 6) is 0.398. The fraction of sp³-hybridized carbons (Fsp3) is 0.464. The molecule has 2 aliphatic heterocycles. The summed E-state index contributed by atoms with van der Waals surface area (Å²) in [4.78, 5) is 28.0. The van der Waals surface area contributed by atoms with E-state index in [4.69, 9.17) is 9.41 Å². The van der Waals surface area contributed by atoms with E-state index in [1.807, 2.05) is 19.9 Å². The molecule has 2 bridgehead atoms. The average Bonchev–Trinajstić information content (AvgIpc) is 3.36. The Balaban J connectivity index is 1.56. The Kier molecular flexibility index (Phi) is 7.03. The Hall–Kier alpha value is -2.96. The van der Waals surface area contributed by atoms with Gasteiger partial charge >= 0.3 is 12.2 Å². The predicted octanol–water partition coefficient (Wildman–Crippen LogP) is 7.47. The third-order valence-electron chi connectivity index (χ3n) is 8.19. The molecular formula is C28H34F3N5O2SSi. The van der Waals surface area contributed by atoms with Crippen LogP contribution in [-0.2, 0) is 10.6 Å². The van der Waals surface area contributed by atoms with Gasteiger partial charge in [0.1, 0.15) is 0 Å². The third kappa shape index (κ3) is 5.24.